The molecule has 0 unspecified atom stereocenters. The van der Waals surface area contributed by atoms with Crippen LogP contribution in [-0.2, 0) is 34.1 Å². The van der Waals surface area contributed by atoms with E-state index in [2.05, 4.69) is 14.7 Å². The Morgan fingerprint density at radius 2 is 1.79 bits per heavy atom. The van der Waals surface area contributed by atoms with E-state index < -0.39 is 33.6 Å². The van der Waals surface area contributed by atoms with E-state index in [9.17, 15) is 26.4 Å². The molecule has 0 atom stereocenters. The highest BCUT2D eigenvalue weighted by atomic mass is 32.2. The summed E-state index contributed by atoms with van der Waals surface area (Å²) in [7, 11) is -3.92. The number of aromatic nitrogens is 2. The molecule has 5 rings (SSSR count). The van der Waals surface area contributed by atoms with E-state index in [1.807, 2.05) is 12.1 Å². The molecular formula is C30H32F3N5O4S. The Kier molecular flexibility index (Phi) is 8.23. The molecule has 0 bridgehead atoms. The van der Waals surface area contributed by atoms with Gasteiger partial charge in [-0.2, -0.15) is 25.9 Å². The van der Waals surface area contributed by atoms with Gasteiger partial charge >= 0.3 is 22.5 Å². The van der Waals surface area contributed by atoms with Crippen LogP contribution in [0.3, 0.4) is 0 Å². The zero-order chi connectivity index (χ0) is 31.0. The van der Waals surface area contributed by atoms with Gasteiger partial charge in [0.25, 0.3) is 0 Å². The van der Waals surface area contributed by atoms with Crippen LogP contribution in [-0.4, -0.2) is 58.9 Å². The molecule has 1 N–H and O–H groups in total. The summed E-state index contributed by atoms with van der Waals surface area (Å²) in [6.45, 7) is 6.08. The van der Waals surface area contributed by atoms with E-state index in [0.29, 0.717) is 36.1 Å². The van der Waals surface area contributed by atoms with E-state index in [1.54, 1.807) is 32.9 Å². The molecule has 0 saturated heterocycles. The van der Waals surface area contributed by atoms with Crippen LogP contribution in [0.1, 0.15) is 49.4 Å². The van der Waals surface area contributed by atoms with Crippen molar-refractivity contribution in [3.8, 4) is 11.1 Å². The Bertz CT molecular complexity index is 1650. The van der Waals surface area contributed by atoms with Crippen molar-refractivity contribution in [2.45, 2.75) is 51.9 Å². The van der Waals surface area contributed by atoms with Crippen molar-refractivity contribution in [1.82, 2.24) is 19.2 Å². The second-order valence-electron chi connectivity index (χ2n) is 11.4. The predicted molar refractivity (Wildman–Crippen MR) is 156 cm³/mol. The lowest BCUT2D eigenvalue weighted by molar-refractivity contribution is -0.137. The number of benzene rings is 2. The normalized spacial score (nSPS) is 16.3. The van der Waals surface area contributed by atoms with Crippen LogP contribution in [0.5, 0.6) is 0 Å². The number of fused-ring (bicyclic) bond motifs is 1. The van der Waals surface area contributed by atoms with Gasteiger partial charge in [0, 0.05) is 38.6 Å². The number of carbonyl (C=O) groups is 1. The Balaban J connectivity index is 1.47. The lowest BCUT2D eigenvalue weighted by Gasteiger charge is -2.31. The van der Waals surface area contributed by atoms with Gasteiger partial charge in [0.05, 0.1) is 11.8 Å². The number of halogens is 3. The number of nitrogens with one attached hydrogen (secondary N) is 1. The summed E-state index contributed by atoms with van der Waals surface area (Å²) in [6.07, 6.45) is 1.60. The average Bonchev–Trinajstić information content (AvgIpc) is 2.95. The summed E-state index contributed by atoms with van der Waals surface area (Å²) < 4.78 is 76.7. The summed E-state index contributed by atoms with van der Waals surface area (Å²) >= 11 is 0. The minimum atomic E-state index is -4.54. The molecule has 0 radical (unpaired) electrons. The van der Waals surface area contributed by atoms with Crippen LogP contribution in [0.4, 0.5) is 23.8 Å². The Hall–Kier alpha value is -3.97. The maximum absolute atomic E-state index is 13.8. The van der Waals surface area contributed by atoms with Gasteiger partial charge < -0.3 is 9.64 Å². The monoisotopic (exact) mass is 615 g/mol. The number of ether oxygens (including phenoxy) is 1. The molecule has 3 heterocycles. The molecule has 13 heteroatoms. The third-order valence-electron chi connectivity index (χ3n) is 7.21. The first-order valence-electron chi connectivity index (χ1n) is 13.7. The minimum absolute atomic E-state index is 0.0856. The Labute approximate surface area is 248 Å². The van der Waals surface area contributed by atoms with E-state index >= 15 is 0 Å². The Morgan fingerprint density at radius 3 is 2.44 bits per heavy atom. The van der Waals surface area contributed by atoms with Crippen molar-refractivity contribution < 1.29 is 31.1 Å². The fraction of sp³-hybridized carbons (Fsp3) is 0.367. The van der Waals surface area contributed by atoms with E-state index in [1.165, 1.54) is 33.9 Å². The first-order valence-corrected chi connectivity index (χ1v) is 15.2. The van der Waals surface area contributed by atoms with Crippen molar-refractivity contribution in [2.75, 3.05) is 24.4 Å². The number of carbonyl (C=O) groups excluding carboxylic acids is 1. The average molecular weight is 616 g/mol. The van der Waals surface area contributed by atoms with Gasteiger partial charge in [-0.05, 0) is 79.1 Å². The van der Waals surface area contributed by atoms with Gasteiger partial charge in [0.1, 0.15) is 5.60 Å². The summed E-state index contributed by atoms with van der Waals surface area (Å²) in [5.74, 6) is 0.0995. The first-order chi connectivity index (χ1) is 20.2. The summed E-state index contributed by atoms with van der Waals surface area (Å²) in [5, 5.41) is 0. The number of hydrogen-bond acceptors (Lipinski definition) is 6. The maximum Gasteiger partial charge on any atom is 0.416 e. The van der Waals surface area contributed by atoms with Crippen molar-refractivity contribution >= 4 is 27.7 Å². The molecule has 1 amide bonds. The molecule has 0 aliphatic carbocycles. The fourth-order valence-electron chi connectivity index (χ4n) is 5.22. The molecule has 43 heavy (non-hydrogen) atoms. The number of nitrogens with zero attached hydrogens (tertiary/aromatic N) is 4. The second kappa shape index (κ2) is 11.6. The van der Waals surface area contributed by atoms with Gasteiger partial charge in [0.2, 0.25) is 0 Å². The van der Waals surface area contributed by atoms with Crippen molar-refractivity contribution in [3.63, 3.8) is 0 Å². The predicted octanol–water partition coefficient (Wildman–Crippen LogP) is 5.90. The lowest BCUT2D eigenvalue weighted by atomic mass is 9.85. The molecule has 0 spiro atoms. The molecule has 2 aliphatic rings. The summed E-state index contributed by atoms with van der Waals surface area (Å²) in [4.78, 5) is 21.9. The van der Waals surface area contributed by atoms with Gasteiger partial charge in [-0.15, -0.1) is 0 Å². The zero-order valence-electron chi connectivity index (χ0n) is 24.0. The quantitative estimate of drug-likeness (QED) is 0.383. The first kappa shape index (κ1) is 30.5. The van der Waals surface area contributed by atoms with Gasteiger partial charge in [-0.25, -0.2) is 9.78 Å². The highest BCUT2D eigenvalue weighted by Gasteiger charge is 2.33. The lowest BCUT2D eigenvalue weighted by Crippen LogP contribution is -2.40. The topological polar surface area (TPSA) is 105 Å². The Morgan fingerprint density at radius 1 is 1.00 bits per heavy atom. The standard InChI is InChI=1S/C30H32F3N5O4S/c1-29(2,3)42-28(39)37-14-9-20(10-15-37)26-17-22(30(31,32)33)7-8-25(26)24-6-4-5-21-19-38(16-11-23(21)24)43(40,41)36-27-18-34-12-13-35-27/h4-9,12-13,17-18H,10-11,14-16,19H2,1-3H3,(H,35,36). The molecule has 9 nitrogen and oxygen atoms in total. The molecule has 2 aromatic carbocycles. The highest BCUT2D eigenvalue weighted by Crippen LogP contribution is 2.40. The van der Waals surface area contributed by atoms with Crippen molar-refractivity contribution in [1.29, 1.82) is 0 Å². The molecule has 1 aromatic heterocycles. The molecular weight excluding hydrogens is 583 g/mol. The summed E-state index contributed by atoms with van der Waals surface area (Å²) in [5.41, 5.74) is 2.71. The third-order valence-corrected chi connectivity index (χ3v) is 8.67. The highest BCUT2D eigenvalue weighted by molar-refractivity contribution is 7.90. The van der Waals surface area contributed by atoms with Gasteiger partial charge in [-0.3, -0.25) is 9.71 Å². The SMILES string of the molecule is CC(C)(C)OC(=O)N1CC=C(c2cc(C(F)(F)F)ccc2-c2cccc3c2CCN(S(=O)(=O)Nc2cnccn2)C3)CC1. The van der Waals surface area contributed by atoms with E-state index in [0.717, 1.165) is 28.8 Å². The zero-order valence-corrected chi connectivity index (χ0v) is 24.8. The number of amides is 1. The molecule has 228 valence electrons. The van der Waals surface area contributed by atoms with Gasteiger partial charge in [-0.1, -0.05) is 30.3 Å². The number of anilines is 1. The number of alkyl halides is 3. The van der Waals surface area contributed by atoms with Crippen LogP contribution < -0.4 is 4.72 Å². The summed E-state index contributed by atoms with van der Waals surface area (Å²) in [6, 6.07) is 9.16. The smallest absolute Gasteiger partial charge is 0.416 e. The van der Waals surface area contributed by atoms with Crippen LogP contribution in [0.15, 0.2) is 61.1 Å². The van der Waals surface area contributed by atoms with Crippen LogP contribution in [0.25, 0.3) is 16.7 Å². The number of hydrogen-bond donors (Lipinski definition) is 1. The van der Waals surface area contributed by atoms with Crippen molar-refractivity contribution in [3.05, 3.63) is 83.3 Å². The van der Waals surface area contributed by atoms with Crippen LogP contribution in [0.2, 0.25) is 0 Å². The molecule has 0 fully saturated rings. The van der Waals surface area contributed by atoms with Crippen LogP contribution in [0, 0.1) is 0 Å². The largest absolute Gasteiger partial charge is 0.444 e. The third kappa shape index (κ3) is 6.99. The fourth-order valence-corrected chi connectivity index (χ4v) is 6.36. The van der Waals surface area contributed by atoms with E-state index in [-0.39, 0.29) is 25.5 Å². The molecule has 2 aliphatic heterocycles. The maximum atomic E-state index is 13.8. The second-order valence-corrected chi connectivity index (χ2v) is 13.1. The van der Waals surface area contributed by atoms with E-state index in [4.69, 9.17) is 4.74 Å². The van der Waals surface area contributed by atoms with Crippen LogP contribution >= 0.6 is 0 Å². The number of rotatable bonds is 5. The van der Waals surface area contributed by atoms with Gasteiger partial charge in [0.15, 0.2) is 5.82 Å². The van der Waals surface area contributed by atoms with Crippen molar-refractivity contribution in [2.24, 2.45) is 0 Å². The molecule has 0 saturated carbocycles. The minimum Gasteiger partial charge on any atom is -0.444 e. The molecule has 3 aromatic rings.